The fourth-order valence-electron chi connectivity index (χ4n) is 7.23. The lowest BCUT2D eigenvalue weighted by Crippen LogP contribution is -2.34. The van der Waals surface area contributed by atoms with Crippen molar-refractivity contribution in [1.29, 1.82) is 0 Å². The zero-order valence-electron chi connectivity index (χ0n) is 24.2. The Morgan fingerprint density at radius 1 is 0.905 bits per heavy atom. The van der Waals surface area contributed by atoms with Crippen LogP contribution in [0.5, 0.6) is 0 Å². The molecule has 3 aliphatic rings. The monoisotopic (exact) mass is 625 g/mol. The number of nitrogens with one attached hydrogen (secondary N) is 1. The van der Waals surface area contributed by atoms with Crippen molar-refractivity contribution in [1.82, 2.24) is 9.80 Å². The Labute approximate surface area is 258 Å². The summed E-state index contributed by atoms with van der Waals surface area (Å²) >= 11 is 3.51. The van der Waals surface area contributed by atoms with Crippen LogP contribution in [0, 0.1) is 11.3 Å². The first-order valence-electron chi connectivity index (χ1n) is 15.4. The van der Waals surface area contributed by atoms with Crippen LogP contribution in [0.25, 0.3) is 0 Å². The summed E-state index contributed by atoms with van der Waals surface area (Å²) < 4.78 is 1.06. The van der Waals surface area contributed by atoms with E-state index in [2.05, 4.69) is 86.8 Å². The van der Waals surface area contributed by atoms with Gasteiger partial charge >= 0.3 is 6.03 Å². The Bertz CT molecular complexity index is 1410. The predicted molar refractivity (Wildman–Crippen MR) is 172 cm³/mol. The summed E-state index contributed by atoms with van der Waals surface area (Å²) in [7, 11) is 0. The summed E-state index contributed by atoms with van der Waals surface area (Å²) in [5.41, 5.74) is 4.61. The Morgan fingerprint density at radius 3 is 2.40 bits per heavy atom. The molecule has 0 aromatic heterocycles. The third-order valence-electron chi connectivity index (χ3n) is 9.69. The van der Waals surface area contributed by atoms with E-state index in [-0.39, 0.29) is 11.4 Å². The number of allylic oxidation sites excluding steroid dienone is 2. The van der Waals surface area contributed by atoms with Crippen LogP contribution < -0.4 is 5.32 Å². The Kier molecular flexibility index (Phi) is 8.80. The summed E-state index contributed by atoms with van der Waals surface area (Å²) in [5, 5.41) is 3.08. The van der Waals surface area contributed by atoms with Crippen molar-refractivity contribution < 1.29 is 9.59 Å². The molecule has 6 rings (SSSR count). The average molecular weight is 627 g/mol. The molecule has 2 saturated heterocycles. The van der Waals surface area contributed by atoms with E-state index in [0.29, 0.717) is 24.3 Å². The highest BCUT2D eigenvalue weighted by Gasteiger charge is 2.46. The van der Waals surface area contributed by atoms with Crippen LogP contribution in [-0.4, -0.2) is 41.4 Å². The fourth-order valence-corrected chi connectivity index (χ4v) is 7.49. The molecule has 42 heavy (non-hydrogen) atoms. The Morgan fingerprint density at radius 2 is 1.64 bits per heavy atom. The summed E-state index contributed by atoms with van der Waals surface area (Å²) in [5.74, 6) is 1.08. The summed E-state index contributed by atoms with van der Waals surface area (Å²) in [6.07, 6.45) is 9.36. The molecule has 3 atom stereocenters. The maximum atomic E-state index is 13.7. The van der Waals surface area contributed by atoms with Gasteiger partial charge in [0.25, 0.3) is 0 Å². The van der Waals surface area contributed by atoms with Crippen molar-refractivity contribution in [2.45, 2.75) is 57.4 Å². The molecule has 0 radical (unpaired) electrons. The summed E-state index contributed by atoms with van der Waals surface area (Å²) in [6, 6.07) is 28.7. The second kappa shape index (κ2) is 12.9. The topological polar surface area (TPSA) is 52.7 Å². The normalized spacial score (nSPS) is 24.1. The lowest BCUT2D eigenvalue weighted by Gasteiger charge is -2.27. The van der Waals surface area contributed by atoms with E-state index in [9.17, 15) is 9.59 Å². The number of likely N-dealkylation sites (tertiary alicyclic amines) is 2. The quantitative estimate of drug-likeness (QED) is 0.268. The number of carbonyl (C=O) groups is 2. The highest BCUT2D eigenvalue weighted by atomic mass is 79.9. The largest absolute Gasteiger partial charge is 0.338 e. The number of amides is 3. The van der Waals surface area contributed by atoms with Gasteiger partial charge in [-0.3, -0.25) is 4.79 Å². The number of para-hydroxylation sites is 1. The van der Waals surface area contributed by atoms with Crippen molar-refractivity contribution in [2.24, 2.45) is 11.3 Å². The maximum Gasteiger partial charge on any atom is 0.321 e. The smallest absolute Gasteiger partial charge is 0.321 e. The van der Waals surface area contributed by atoms with E-state index in [0.717, 1.165) is 74.7 Å². The van der Waals surface area contributed by atoms with Gasteiger partial charge in [0, 0.05) is 42.3 Å². The molecule has 0 bridgehead atoms. The van der Waals surface area contributed by atoms with Gasteiger partial charge in [0.05, 0.1) is 5.41 Å². The molecule has 3 amide bonds. The second-order valence-electron chi connectivity index (χ2n) is 12.3. The number of nitrogens with zero attached hydrogens (tertiary/aromatic N) is 2. The van der Waals surface area contributed by atoms with Crippen LogP contribution in [0.1, 0.15) is 62.0 Å². The van der Waals surface area contributed by atoms with Gasteiger partial charge in [-0.25, -0.2) is 4.79 Å². The highest BCUT2D eigenvalue weighted by molar-refractivity contribution is 9.10. The summed E-state index contributed by atoms with van der Waals surface area (Å²) in [6.45, 7) is 3.05. The van der Waals surface area contributed by atoms with Crippen LogP contribution in [0.3, 0.4) is 0 Å². The van der Waals surface area contributed by atoms with E-state index in [1.54, 1.807) is 0 Å². The van der Waals surface area contributed by atoms with Crippen molar-refractivity contribution in [3.63, 3.8) is 0 Å². The molecule has 2 aliphatic heterocycles. The standard InChI is InChI=1S/C36H40BrN3O2/c37-31-17-14-28(15-18-31)24-39-23-22-36(34(39)41)20-7-8-27(19-21-36)13-16-30-25-40(26-33(30)29-9-3-1-4-10-29)35(42)38-32-11-5-2-6-12-32/h1-6,8-12,14-15,17-18,30,33H,7,13,16,19-26H2,(H,38,42)/t30-,33+,36?/m0/s1. The molecule has 1 N–H and O–H groups in total. The van der Waals surface area contributed by atoms with Crippen LogP contribution in [-0.2, 0) is 11.3 Å². The van der Waals surface area contributed by atoms with E-state index in [1.165, 1.54) is 16.7 Å². The molecule has 1 unspecified atom stereocenters. The van der Waals surface area contributed by atoms with Gasteiger partial charge in [0.15, 0.2) is 0 Å². The number of carbonyl (C=O) groups excluding carboxylic acids is 2. The zero-order chi connectivity index (χ0) is 28.9. The Hall–Kier alpha value is -3.38. The average Bonchev–Trinajstić information content (AvgIpc) is 3.50. The molecule has 3 aromatic rings. The van der Waals surface area contributed by atoms with Crippen molar-refractivity contribution in [3.05, 3.63) is 112 Å². The van der Waals surface area contributed by atoms with Gasteiger partial charge in [0.1, 0.15) is 0 Å². The molecule has 0 saturated carbocycles. The van der Waals surface area contributed by atoms with E-state index in [4.69, 9.17) is 0 Å². The van der Waals surface area contributed by atoms with Crippen LogP contribution in [0.15, 0.2) is 101 Å². The SMILES string of the molecule is O=C(Nc1ccccc1)N1C[C@H](CCC2=CCCC3(CC2)CCN(Cc2ccc(Br)cc2)C3=O)[C@@H](c2ccccc2)C1. The molecular formula is C36H40BrN3O2. The minimum absolute atomic E-state index is 0.0207. The van der Waals surface area contributed by atoms with Gasteiger partial charge in [-0.05, 0) is 86.3 Å². The van der Waals surface area contributed by atoms with E-state index < -0.39 is 0 Å². The fraction of sp³-hybridized carbons (Fsp3) is 0.389. The number of benzene rings is 3. The lowest BCUT2D eigenvalue weighted by molar-refractivity contribution is -0.137. The molecule has 1 spiro atoms. The minimum Gasteiger partial charge on any atom is -0.338 e. The number of rotatable bonds is 7. The number of hydrogen-bond donors (Lipinski definition) is 1. The number of halogens is 1. The molecule has 2 heterocycles. The zero-order valence-corrected chi connectivity index (χ0v) is 25.8. The molecule has 218 valence electrons. The minimum atomic E-state index is -0.208. The maximum absolute atomic E-state index is 13.7. The van der Waals surface area contributed by atoms with Crippen molar-refractivity contribution >= 4 is 33.6 Å². The lowest BCUT2D eigenvalue weighted by atomic mass is 9.78. The van der Waals surface area contributed by atoms with Gasteiger partial charge in [-0.2, -0.15) is 0 Å². The van der Waals surface area contributed by atoms with Gasteiger partial charge in [-0.1, -0.05) is 88.2 Å². The second-order valence-corrected chi connectivity index (χ2v) is 13.2. The van der Waals surface area contributed by atoms with Gasteiger partial charge in [-0.15, -0.1) is 0 Å². The molecule has 2 fully saturated rings. The van der Waals surface area contributed by atoms with Crippen molar-refractivity contribution in [2.75, 3.05) is 25.0 Å². The molecule has 6 heteroatoms. The predicted octanol–water partition coefficient (Wildman–Crippen LogP) is 8.40. The number of anilines is 1. The number of urea groups is 1. The number of hydrogen-bond acceptors (Lipinski definition) is 2. The first kappa shape index (κ1) is 28.7. The third-order valence-corrected chi connectivity index (χ3v) is 10.2. The Balaban J connectivity index is 1.07. The van der Waals surface area contributed by atoms with Crippen molar-refractivity contribution in [3.8, 4) is 0 Å². The third kappa shape index (κ3) is 6.49. The van der Waals surface area contributed by atoms with Crippen LogP contribution in [0.4, 0.5) is 10.5 Å². The molecule has 3 aromatic carbocycles. The van der Waals surface area contributed by atoms with Crippen LogP contribution >= 0.6 is 15.9 Å². The first-order chi connectivity index (χ1) is 20.5. The molecule has 1 aliphatic carbocycles. The highest BCUT2D eigenvalue weighted by Crippen LogP contribution is 2.45. The van der Waals surface area contributed by atoms with Gasteiger partial charge in [0.2, 0.25) is 5.91 Å². The summed E-state index contributed by atoms with van der Waals surface area (Å²) in [4.78, 5) is 30.9. The molecular weight excluding hydrogens is 586 g/mol. The first-order valence-corrected chi connectivity index (χ1v) is 16.2. The van der Waals surface area contributed by atoms with E-state index >= 15 is 0 Å². The molecule has 5 nitrogen and oxygen atoms in total. The van der Waals surface area contributed by atoms with Crippen LogP contribution in [0.2, 0.25) is 0 Å². The van der Waals surface area contributed by atoms with Gasteiger partial charge < -0.3 is 15.1 Å². The van der Waals surface area contributed by atoms with E-state index in [1.807, 2.05) is 35.2 Å².